The van der Waals surface area contributed by atoms with Crippen molar-refractivity contribution in [1.29, 1.82) is 0 Å². The van der Waals surface area contributed by atoms with Gasteiger partial charge >= 0.3 is 6.03 Å². The first-order valence-corrected chi connectivity index (χ1v) is 7.76. The summed E-state index contributed by atoms with van der Waals surface area (Å²) in [6.45, 7) is 8.10. The highest BCUT2D eigenvalue weighted by atomic mass is 35.5. The number of carbonyl (C=O) groups excluding carboxylic acids is 1. The molecular formula is C18H23ClN3O2-. The van der Waals surface area contributed by atoms with Crippen molar-refractivity contribution in [2.75, 3.05) is 28.6 Å². The predicted molar refractivity (Wildman–Crippen MR) is 95.5 cm³/mol. The summed E-state index contributed by atoms with van der Waals surface area (Å²) in [6, 6.07) is 12.1. The smallest absolute Gasteiger partial charge is 0.323 e. The maximum atomic E-state index is 12.1. The van der Waals surface area contributed by atoms with E-state index in [9.17, 15) is 9.90 Å². The lowest BCUT2D eigenvalue weighted by atomic mass is 10.1. The molecule has 24 heavy (non-hydrogen) atoms. The van der Waals surface area contributed by atoms with Gasteiger partial charge in [0.05, 0.1) is 0 Å². The zero-order chi connectivity index (χ0) is 16.8. The number of nitrogens with one attached hydrogen (secondary N) is 2. The van der Waals surface area contributed by atoms with Gasteiger partial charge in [-0.05, 0) is 56.7 Å². The predicted octanol–water partition coefficient (Wildman–Crippen LogP) is 1.19. The van der Waals surface area contributed by atoms with Crippen LogP contribution < -0.4 is 27.9 Å². The van der Waals surface area contributed by atoms with E-state index in [1.165, 1.54) is 6.07 Å². The highest BCUT2D eigenvalue weighted by Crippen LogP contribution is 2.23. The summed E-state index contributed by atoms with van der Waals surface area (Å²) in [6.07, 6.45) is 0. The molecule has 0 radical (unpaired) electrons. The normalized spacial score (nSPS) is 9.79. The van der Waals surface area contributed by atoms with Crippen LogP contribution in [0.15, 0.2) is 42.5 Å². The molecule has 5 nitrogen and oxygen atoms in total. The van der Waals surface area contributed by atoms with Gasteiger partial charge in [0, 0.05) is 36.2 Å². The number of amides is 2. The Kier molecular flexibility index (Phi) is 7.39. The summed E-state index contributed by atoms with van der Waals surface area (Å²) in [7, 11) is 0. The van der Waals surface area contributed by atoms with Crippen LogP contribution in [-0.2, 0) is 0 Å². The maximum absolute atomic E-state index is 12.1. The van der Waals surface area contributed by atoms with Crippen molar-refractivity contribution in [2.45, 2.75) is 20.8 Å². The molecule has 0 bridgehead atoms. The number of rotatable bonds is 5. The third-order valence-electron chi connectivity index (χ3n) is 3.69. The number of anilines is 3. The molecule has 2 amide bonds. The summed E-state index contributed by atoms with van der Waals surface area (Å²) in [4.78, 5) is 14.3. The fourth-order valence-corrected chi connectivity index (χ4v) is 2.44. The highest BCUT2D eigenvalue weighted by molar-refractivity contribution is 6.00. The van der Waals surface area contributed by atoms with Gasteiger partial charge in [-0.3, -0.25) is 0 Å². The summed E-state index contributed by atoms with van der Waals surface area (Å²) >= 11 is 0. The van der Waals surface area contributed by atoms with Crippen LogP contribution in [0.1, 0.15) is 19.4 Å². The van der Waals surface area contributed by atoms with Crippen LogP contribution in [0.4, 0.5) is 21.9 Å². The van der Waals surface area contributed by atoms with E-state index in [4.69, 9.17) is 0 Å². The van der Waals surface area contributed by atoms with Crippen molar-refractivity contribution in [3.63, 3.8) is 0 Å². The van der Waals surface area contributed by atoms with Crippen LogP contribution in [0.2, 0.25) is 0 Å². The standard InChI is InChI=1S/C18H23N3O2.ClH/c1-4-21(5-2)15-9-10-17(13(3)11-15)20-18(23)19-14-7-6-8-16(22)12-14;/h6-12,22H,4-5H2,1-3H3,(H2,19,20,23);1H/p-1. The van der Waals surface area contributed by atoms with E-state index < -0.39 is 0 Å². The van der Waals surface area contributed by atoms with Crippen molar-refractivity contribution >= 4 is 23.1 Å². The monoisotopic (exact) mass is 348 g/mol. The van der Waals surface area contributed by atoms with Crippen molar-refractivity contribution in [1.82, 2.24) is 0 Å². The second-order valence-corrected chi connectivity index (χ2v) is 5.30. The van der Waals surface area contributed by atoms with Gasteiger partial charge < -0.3 is 33.0 Å². The van der Waals surface area contributed by atoms with E-state index in [1.807, 2.05) is 19.1 Å². The topological polar surface area (TPSA) is 64.6 Å². The third kappa shape index (κ3) is 5.06. The minimum atomic E-state index is -0.339. The average molecular weight is 349 g/mol. The summed E-state index contributed by atoms with van der Waals surface area (Å²) in [5.41, 5.74) is 3.45. The molecule has 2 rings (SSSR count). The number of carbonyl (C=O) groups is 1. The van der Waals surface area contributed by atoms with Crippen LogP contribution in [0.5, 0.6) is 5.75 Å². The number of aromatic hydroxyl groups is 1. The molecule has 2 aromatic rings. The quantitative estimate of drug-likeness (QED) is 0.760. The lowest BCUT2D eigenvalue weighted by Gasteiger charge is -2.22. The molecule has 0 aliphatic rings. The Labute approximate surface area is 149 Å². The van der Waals surface area contributed by atoms with E-state index in [2.05, 4.69) is 35.4 Å². The number of hydrogen-bond donors (Lipinski definition) is 3. The molecule has 0 aliphatic heterocycles. The minimum absolute atomic E-state index is 0. The Bertz CT molecular complexity index is 688. The molecule has 0 aromatic heterocycles. The van der Waals surface area contributed by atoms with Gasteiger partial charge in [0.1, 0.15) is 5.75 Å². The molecule has 0 saturated heterocycles. The van der Waals surface area contributed by atoms with Gasteiger partial charge in [0.15, 0.2) is 0 Å². The van der Waals surface area contributed by atoms with E-state index in [0.29, 0.717) is 5.69 Å². The highest BCUT2D eigenvalue weighted by Gasteiger charge is 2.08. The minimum Gasteiger partial charge on any atom is -1.00 e. The second kappa shape index (κ2) is 9.03. The van der Waals surface area contributed by atoms with Crippen LogP contribution in [-0.4, -0.2) is 24.2 Å². The fraction of sp³-hybridized carbons (Fsp3) is 0.278. The lowest BCUT2D eigenvalue weighted by Crippen LogP contribution is -3.00. The Morgan fingerprint density at radius 3 is 2.38 bits per heavy atom. The van der Waals surface area contributed by atoms with Crippen LogP contribution >= 0.6 is 0 Å². The Hall–Kier alpha value is -2.40. The Morgan fingerprint density at radius 2 is 1.79 bits per heavy atom. The number of phenols is 1. The largest absolute Gasteiger partial charge is 1.00 e. The van der Waals surface area contributed by atoms with Crippen molar-refractivity contribution < 1.29 is 22.3 Å². The van der Waals surface area contributed by atoms with E-state index in [-0.39, 0.29) is 24.2 Å². The van der Waals surface area contributed by atoms with Crippen molar-refractivity contribution in [3.8, 4) is 5.75 Å². The molecule has 0 fully saturated rings. The molecular weight excluding hydrogens is 326 g/mol. The molecule has 0 aliphatic carbocycles. The molecule has 0 unspecified atom stereocenters. The molecule has 0 heterocycles. The second-order valence-electron chi connectivity index (χ2n) is 5.30. The first-order valence-electron chi connectivity index (χ1n) is 7.76. The Morgan fingerprint density at radius 1 is 1.08 bits per heavy atom. The molecule has 3 N–H and O–H groups in total. The molecule has 130 valence electrons. The molecule has 6 heteroatoms. The molecule has 0 spiro atoms. The fourth-order valence-electron chi connectivity index (χ4n) is 2.44. The number of benzene rings is 2. The van der Waals surface area contributed by atoms with Crippen LogP contribution in [0.25, 0.3) is 0 Å². The molecule has 0 atom stereocenters. The number of urea groups is 1. The van der Waals surface area contributed by atoms with Gasteiger partial charge in [0.25, 0.3) is 0 Å². The van der Waals surface area contributed by atoms with Crippen LogP contribution in [0, 0.1) is 6.92 Å². The first-order chi connectivity index (χ1) is 11.0. The lowest BCUT2D eigenvalue weighted by molar-refractivity contribution is -0.00000879. The Balaban J connectivity index is 0.00000288. The van der Waals surface area contributed by atoms with E-state index in [1.54, 1.807) is 18.2 Å². The third-order valence-corrected chi connectivity index (χ3v) is 3.69. The first kappa shape index (κ1) is 19.6. The van der Waals surface area contributed by atoms with Crippen molar-refractivity contribution in [3.05, 3.63) is 48.0 Å². The zero-order valence-electron chi connectivity index (χ0n) is 14.1. The average Bonchev–Trinajstić information content (AvgIpc) is 2.51. The van der Waals surface area contributed by atoms with Gasteiger partial charge in [-0.25, -0.2) is 4.79 Å². The van der Waals surface area contributed by atoms with Gasteiger partial charge in [0.2, 0.25) is 0 Å². The van der Waals surface area contributed by atoms with E-state index >= 15 is 0 Å². The zero-order valence-corrected chi connectivity index (χ0v) is 14.9. The molecule has 2 aromatic carbocycles. The van der Waals surface area contributed by atoms with Gasteiger partial charge in [-0.15, -0.1) is 0 Å². The number of nitrogens with zero attached hydrogens (tertiary/aromatic N) is 1. The maximum Gasteiger partial charge on any atom is 0.323 e. The summed E-state index contributed by atoms with van der Waals surface area (Å²) in [5.74, 6) is 0.113. The molecule has 0 saturated carbocycles. The van der Waals surface area contributed by atoms with Crippen LogP contribution in [0.3, 0.4) is 0 Å². The van der Waals surface area contributed by atoms with E-state index in [0.717, 1.165) is 30.0 Å². The van der Waals surface area contributed by atoms with Crippen molar-refractivity contribution in [2.24, 2.45) is 0 Å². The van der Waals surface area contributed by atoms with Gasteiger partial charge in [-0.1, -0.05) is 6.07 Å². The number of phenolic OH excluding ortho intramolecular Hbond substituents is 1. The number of aryl methyl sites for hydroxylation is 1. The summed E-state index contributed by atoms with van der Waals surface area (Å²) < 4.78 is 0. The van der Waals surface area contributed by atoms with Gasteiger partial charge in [-0.2, -0.15) is 0 Å². The SMILES string of the molecule is CCN(CC)c1ccc(NC(=O)Nc2cccc(O)c2)c(C)c1.[Cl-]. The number of halogens is 1. The number of hydrogen-bond acceptors (Lipinski definition) is 3. The summed E-state index contributed by atoms with van der Waals surface area (Å²) in [5, 5.41) is 14.9.